The summed E-state index contributed by atoms with van der Waals surface area (Å²) in [6.07, 6.45) is 3.00. The van der Waals surface area contributed by atoms with E-state index in [1.165, 1.54) is 46.9 Å². The molecule has 2 aromatic carbocycles. The highest BCUT2D eigenvalue weighted by molar-refractivity contribution is 7.94. The highest BCUT2D eigenvalue weighted by Crippen LogP contribution is 2.25. The molecular weight excluding hydrogens is 473 g/mol. The topological polar surface area (TPSA) is 114 Å². The van der Waals surface area contributed by atoms with Gasteiger partial charge in [-0.25, -0.2) is 4.39 Å². The van der Waals surface area contributed by atoms with Crippen LogP contribution in [0.25, 0.3) is 10.9 Å². The first-order chi connectivity index (χ1) is 15.5. The van der Waals surface area contributed by atoms with Gasteiger partial charge in [0.1, 0.15) is 11.5 Å². The van der Waals surface area contributed by atoms with Gasteiger partial charge in [0.15, 0.2) is 0 Å². The number of fused-ring (bicyclic) bond motifs is 1. The lowest BCUT2D eigenvalue weighted by Crippen LogP contribution is -2.32. The molecular formula is C20H19ClFN7O3S. The van der Waals surface area contributed by atoms with E-state index in [0.29, 0.717) is 22.3 Å². The number of carbonyl (C=O) groups excluding carboxylic acids is 1. The van der Waals surface area contributed by atoms with Crippen LogP contribution in [-0.4, -0.2) is 40.9 Å². The van der Waals surface area contributed by atoms with Crippen LogP contribution in [-0.2, 0) is 24.3 Å². The molecule has 0 spiro atoms. The summed E-state index contributed by atoms with van der Waals surface area (Å²) in [6, 6.07) is 8.50. The molecule has 0 unspecified atom stereocenters. The van der Waals surface area contributed by atoms with E-state index in [-0.39, 0.29) is 16.4 Å². The summed E-state index contributed by atoms with van der Waals surface area (Å²) in [4.78, 5) is 12.8. The summed E-state index contributed by atoms with van der Waals surface area (Å²) in [5.41, 5.74) is 1.64. The van der Waals surface area contributed by atoms with Crippen LogP contribution in [0.4, 0.5) is 21.5 Å². The Labute approximate surface area is 193 Å². The molecule has 1 amide bonds. The van der Waals surface area contributed by atoms with Crippen molar-refractivity contribution in [3.8, 4) is 0 Å². The molecule has 2 N–H and O–H groups in total. The standard InChI is InChI=1S/C20H19ClFN7O3S/c1-27-11-14(10-23-27)29(3)33(31,32)26-13-4-6-15-18(9-13)25-28(2)19(15)20(30)24-12-5-7-17(22)16(21)8-12/h4-11,26H,1-3H3,(H,24,30). The van der Waals surface area contributed by atoms with Crippen molar-refractivity contribution in [2.75, 3.05) is 21.4 Å². The number of nitrogens with one attached hydrogen (secondary N) is 2. The minimum absolute atomic E-state index is 0.115. The van der Waals surface area contributed by atoms with Crippen molar-refractivity contribution in [2.45, 2.75) is 0 Å². The van der Waals surface area contributed by atoms with Gasteiger partial charge in [0.2, 0.25) is 0 Å². The second kappa shape index (κ2) is 8.37. The van der Waals surface area contributed by atoms with E-state index in [1.807, 2.05) is 0 Å². The Morgan fingerprint density at radius 3 is 2.55 bits per heavy atom. The predicted molar refractivity (Wildman–Crippen MR) is 124 cm³/mol. The van der Waals surface area contributed by atoms with Gasteiger partial charge in [0.25, 0.3) is 5.91 Å². The number of hydrogen-bond donors (Lipinski definition) is 2. The average Bonchev–Trinajstić information content (AvgIpc) is 3.31. The van der Waals surface area contributed by atoms with Crippen molar-refractivity contribution in [1.82, 2.24) is 19.6 Å². The fourth-order valence-electron chi connectivity index (χ4n) is 3.22. The summed E-state index contributed by atoms with van der Waals surface area (Å²) >= 11 is 5.77. The van der Waals surface area contributed by atoms with Crippen LogP contribution in [0, 0.1) is 5.82 Å². The fraction of sp³-hybridized carbons (Fsp3) is 0.150. The van der Waals surface area contributed by atoms with Crippen LogP contribution >= 0.6 is 11.6 Å². The highest BCUT2D eigenvalue weighted by atomic mass is 35.5. The molecule has 0 aliphatic heterocycles. The van der Waals surface area contributed by atoms with Crippen molar-refractivity contribution in [3.05, 3.63) is 65.3 Å². The highest BCUT2D eigenvalue weighted by Gasteiger charge is 2.22. The van der Waals surface area contributed by atoms with E-state index in [1.54, 1.807) is 26.4 Å². The number of anilines is 3. The molecule has 0 fully saturated rings. The number of aryl methyl sites for hydroxylation is 2. The van der Waals surface area contributed by atoms with E-state index in [0.717, 1.165) is 10.4 Å². The van der Waals surface area contributed by atoms with Gasteiger partial charge in [-0.3, -0.25) is 23.2 Å². The molecule has 0 atom stereocenters. The fourth-order valence-corrected chi connectivity index (χ4v) is 4.34. The maximum atomic E-state index is 13.4. The van der Waals surface area contributed by atoms with E-state index >= 15 is 0 Å². The summed E-state index contributed by atoms with van der Waals surface area (Å²) in [5.74, 6) is -1.07. The lowest BCUT2D eigenvalue weighted by Gasteiger charge is -2.18. The van der Waals surface area contributed by atoms with Crippen LogP contribution in [0.15, 0.2) is 48.8 Å². The normalized spacial score (nSPS) is 11.5. The number of nitrogens with zero attached hydrogens (tertiary/aromatic N) is 5. The SMILES string of the molecule is CN(c1cnn(C)c1)S(=O)(=O)Nc1ccc2c(C(=O)Nc3ccc(F)c(Cl)c3)n(C)nc2c1. The molecule has 13 heteroatoms. The molecule has 4 aromatic rings. The van der Waals surface area contributed by atoms with Crippen molar-refractivity contribution < 1.29 is 17.6 Å². The van der Waals surface area contributed by atoms with Gasteiger partial charge in [0, 0.05) is 38.4 Å². The van der Waals surface area contributed by atoms with Crippen LogP contribution in [0.5, 0.6) is 0 Å². The van der Waals surface area contributed by atoms with Gasteiger partial charge in [-0.2, -0.15) is 18.6 Å². The Morgan fingerprint density at radius 1 is 1.15 bits per heavy atom. The van der Waals surface area contributed by atoms with Crippen LogP contribution < -0.4 is 14.3 Å². The summed E-state index contributed by atoms with van der Waals surface area (Å²) in [6.45, 7) is 0. The molecule has 0 saturated carbocycles. The monoisotopic (exact) mass is 491 g/mol. The van der Waals surface area contributed by atoms with E-state index in [9.17, 15) is 17.6 Å². The molecule has 0 aliphatic carbocycles. The van der Waals surface area contributed by atoms with Crippen molar-refractivity contribution in [3.63, 3.8) is 0 Å². The third-order valence-corrected chi connectivity index (χ3v) is 6.60. The maximum absolute atomic E-state index is 13.4. The Kier molecular flexibility index (Phi) is 5.72. The minimum Gasteiger partial charge on any atom is -0.321 e. The van der Waals surface area contributed by atoms with Gasteiger partial charge in [-0.1, -0.05) is 11.6 Å². The van der Waals surface area contributed by atoms with Crippen molar-refractivity contribution >= 4 is 55.7 Å². The zero-order chi connectivity index (χ0) is 23.9. The first-order valence-electron chi connectivity index (χ1n) is 9.53. The van der Waals surface area contributed by atoms with E-state index < -0.39 is 21.9 Å². The van der Waals surface area contributed by atoms with Crippen LogP contribution in [0.1, 0.15) is 10.5 Å². The van der Waals surface area contributed by atoms with Gasteiger partial charge >= 0.3 is 10.2 Å². The maximum Gasteiger partial charge on any atom is 0.323 e. The molecule has 172 valence electrons. The van der Waals surface area contributed by atoms with Crippen LogP contribution in [0.2, 0.25) is 5.02 Å². The number of aromatic nitrogens is 4. The van der Waals surface area contributed by atoms with Crippen molar-refractivity contribution in [2.24, 2.45) is 14.1 Å². The second-order valence-electron chi connectivity index (χ2n) is 7.23. The Morgan fingerprint density at radius 2 is 1.88 bits per heavy atom. The third kappa shape index (κ3) is 4.47. The Balaban J connectivity index is 1.59. The third-order valence-electron chi connectivity index (χ3n) is 4.89. The van der Waals surface area contributed by atoms with E-state index in [4.69, 9.17) is 11.6 Å². The Hall–Kier alpha value is -3.64. The summed E-state index contributed by atoms with van der Waals surface area (Å²) in [7, 11) is 0.764. The molecule has 10 nitrogen and oxygen atoms in total. The van der Waals surface area contributed by atoms with Gasteiger partial charge < -0.3 is 5.32 Å². The second-order valence-corrected chi connectivity index (χ2v) is 9.34. The number of benzene rings is 2. The average molecular weight is 492 g/mol. The number of halogens is 2. The predicted octanol–water partition coefficient (Wildman–Crippen LogP) is 3.14. The van der Waals surface area contributed by atoms with Crippen LogP contribution in [0.3, 0.4) is 0 Å². The molecule has 0 radical (unpaired) electrons. The summed E-state index contributed by atoms with van der Waals surface area (Å²) < 4.78 is 45.3. The molecule has 33 heavy (non-hydrogen) atoms. The van der Waals surface area contributed by atoms with Gasteiger partial charge in [-0.05, 0) is 36.4 Å². The molecule has 0 bridgehead atoms. The Bertz CT molecular complexity index is 1480. The molecule has 0 aliphatic rings. The number of rotatable bonds is 6. The lowest BCUT2D eigenvalue weighted by atomic mass is 10.2. The largest absolute Gasteiger partial charge is 0.323 e. The molecule has 0 saturated heterocycles. The molecule has 2 aromatic heterocycles. The lowest BCUT2D eigenvalue weighted by molar-refractivity contribution is 0.101. The van der Waals surface area contributed by atoms with Crippen molar-refractivity contribution in [1.29, 1.82) is 0 Å². The molecule has 2 heterocycles. The smallest absolute Gasteiger partial charge is 0.321 e. The number of carbonyl (C=O) groups is 1. The number of hydrogen-bond acceptors (Lipinski definition) is 5. The molecule has 4 rings (SSSR count). The van der Waals surface area contributed by atoms with Gasteiger partial charge in [0.05, 0.1) is 28.1 Å². The first kappa shape index (κ1) is 22.6. The zero-order valence-electron chi connectivity index (χ0n) is 17.7. The van der Waals surface area contributed by atoms with Gasteiger partial charge in [-0.15, -0.1) is 0 Å². The number of amides is 1. The quantitative estimate of drug-likeness (QED) is 0.430. The summed E-state index contributed by atoms with van der Waals surface area (Å²) in [5, 5.41) is 11.3. The minimum atomic E-state index is -3.92. The first-order valence-corrected chi connectivity index (χ1v) is 11.4. The van der Waals surface area contributed by atoms with E-state index in [2.05, 4.69) is 20.2 Å². The zero-order valence-corrected chi connectivity index (χ0v) is 19.3.